The molecule has 2 heterocycles. The summed E-state index contributed by atoms with van der Waals surface area (Å²) in [7, 11) is 1.73. The van der Waals surface area contributed by atoms with Gasteiger partial charge in [-0.15, -0.1) is 0 Å². The van der Waals surface area contributed by atoms with Gasteiger partial charge < -0.3 is 25.5 Å². The van der Waals surface area contributed by atoms with Crippen LogP contribution in [0.4, 0.5) is 0 Å². The first-order chi connectivity index (χ1) is 15.3. The Balaban J connectivity index is 2.09. The Morgan fingerprint density at radius 2 is 1.59 bits per heavy atom. The summed E-state index contributed by atoms with van der Waals surface area (Å²) >= 11 is 0. The molecule has 0 fully saturated rings. The van der Waals surface area contributed by atoms with E-state index in [4.69, 9.17) is 0 Å². The molecule has 10 nitrogen and oxygen atoms in total. The molecule has 0 saturated carbocycles. The van der Waals surface area contributed by atoms with Gasteiger partial charge in [0.2, 0.25) is 17.2 Å². The van der Waals surface area contributed by atoms with E-state index in [0.29, 0.717) is 16.8 Å². The van der Waals surface area contributed by atoms with Crippen molar-refractivity contribution in [2.45, 2.75) is 13.3 Å². The van der Waals surface area contributed by atoms with Gasteiger partial charge in [0.05, 0.1) is 17.1 Å². The lowest BCUT2D eigenvalue weighted by Gasteiger charge is -2.17. The molecule has 0 radical (unpaired) electrons. The van der Waals surface area contributed by atoms with E-state index < -0.39 is 40.0 Å². The molecule has 162 valence electrons. The Morgan fingerprint density at radius 1 is 0.938 bits per heavy atom. The Labute approximate surface area is 180 Å². The van der Waals surface area contributed by atoms with Crippen molar-refractivity contribution in [3.8, 4) is 46.3 Å². The lowest BCUT2D eigenvalue weighted by atomic mass is 10.1. The molecule has 0 aliphatic heterocycles. The molecule has 0 amide bonds. The summed E-state index contributed by atoms with van der Waals surface area (Å²) < 4.78 is 2.45. The maximum absolute atomic E-state index is 13.6. The minimum Gasteiger partial charge on any atom is -0.503 e. The predicted molar refractivity (Wildman–Crippen MR) is 114 cm³/mol. The van der Waals surface area contributed by atoms with Crippen LogP contribution >= 0.6 is 0 Å². The van der Waals surface area contributed by atoms with E-state index in [9.17, 15) is 30.3 Å². The van der Waals surface area contributed by atoms with Crippen LogP contribution in [-0.2, 0) is 13.5 Å². The van der Waals surface area contributed by atoms with Gasteiger partial charge in [-0.25, -0.2) is 4.98 Å². The fourth-order valence-electron chi connectivity index (χ4n) is 3.36. The van der Waals surface area contributed by atoms with Crippen LogP contribution < -0.4 is 5.56 Å². The standard InChI is InChI=1S/C22H18N4O6/c1-3-14-24-13-6-4-5-11(7-8-12-9-10-23-25(12)2)15(13)22(32)26(14)16-17(27)19(29)21(31)20(30)18(16)28/h4-6,9-10,27-31H,3H2,1-2H3. The fourth-order valence-corrected chi connectivity index (χ4v) is 3.36. The van der Waals surface area contributed by atoms with E-state index in [1.165, 1.54) is 0 Å². The van der Waals surface area contributed by atoms with E-state index in [1.807, 2.05) is 0 Å². The van der Waals surface area contributed by atoms with Crippen LogP contribution in [0.15, 0.2) is 35.3 Å². The van der Waals surface area contributed by atoms with Crippen molar-refractivity contribution < 1.29 is 25.5 Å². The Kier molecular flexibility index (Phi) is 4.87. The lowest BCUT2D eigenvalue weighted by Crippen LogP contribution is -2.24. The number of fused-ring (bicyclic) bond motifs is 1. The second-order valence-corrected chi connectivity index (χ2v) is 6.90. The molecule has 0 atom stereocenters. The summed E-state index contributed by atoms with van der Waals surface area (Å²) in [5, 5.41) is 54.5. The summed E-state index contributed by atoms with van der Waals surface area (Å²) in [6.45, 7) is 1.70. The second kappa shape index (κ2) is 7.55. The molecule has 10 heteroatoms. The minimum absolute atomic E-state index is 0.102. The Hall–Kier alpha value is -4.65. The molecule has 0 spiro atoms. The smallest absolute Gasteiger partial charge is 0.267 e. The lowest BCUT2D eigenvalue weighted by molar-refractivity contribution is 0.326. The van der Waals surface area contributed by atoms with Crippen LogP contribution in [0.3, 0.4) is 0 Å². The normalized spacial score (nSPS) is 10.8. The second-order valence-electron chi connectivity index (χ2n) is 6.90. The summed E-state index contributed by atoms with van der Waals surface area (Å²) in [5.74, 6) is 0.702. The number of hydrogen-bond acceptors (Lipinski definition) is 8. The summed E-state index contributed by atoms with van der Waals surface area (Å²) in [6.07, 6.45) is 1.79. The number of phenols is 5. The fraction of sp³-hybridized carbons (Fsp3) is 0.136. The van der Waals surface area contributed by atoms with Crippen molar-refractivity contribution in [2.75, 3.05) is 0 Å². The molecule has 5 N–H and O–H groups in total. The maximum Gasteiger partial charge on any atom is 0.267 e. The molecule has 2 aromatic carbocycles. The number of hydrogen-bond donors (Lipinski definition) is 5. The third-order valence-corrected chi connectivity index (χ3v) is 5.00. The van der Waals surface area contributed by atoms with Crippen LogP contribution in [0.1, 0.15) is 24.0 Å². The van der Waals surface area contributed by atoms with Crippen molar-refractivity contribution in [1.29, 1.82) is 0 Å². The van der Waals surface area contributed by atoms with Gasteiger partial charge in [0.25, 0.3) is 5.56 Å². The highest BCUT2D eigenvalue weighted by Gasteiger charge is 2.27. The van der Waals surface area contributed by atoms with E-state index in [1.54, 1.807) is 49.1 Å². The van der Waals surface area contributed by atoms with E-state index in [-0.39, 0.29) is 17.6 Å². The predicted octanol–water partition coefficient (Wildman–Crippen LogP) is 1.61. The highest BCUT2D eigenvalue weighted by Crippen LogP contribution is 2.52. The van der Waals surface area contributed by atoms with Crippen LogP contribution in [0.5, 0.6) is 28.7 Å². The van der Waals surface area contributed by atoms with Crippen molar-refractivity contribution >= 4 is 10.9 Å². The minimum atomic E-state index is -1.12. The van der Waals surface area contributed by atoms with E-state index in [0.717, 1.165) is 4.57 Å². The number of aromatic hydroxyl groups is 5. The third kappa shape index (κ3) is 3.04. The SMILES string of the molecule is CCc1nc2cccc(C#Cc3ccnn3C)c2c(=O)n1-c1c(O)c(O)c(O)c(O)c1O. The highest BCUT2D eigenvalue weighted by atomic mass is 16.4. The zero-order valence-electron chi connectivity index (χ0n) is 17.0. The van der Waals surface area contributed by atoms with Crippen molar-refractivity contribution in [2.24, 2.45) is 7.05 Å². The van der Waals surface area contributed by atoms with Gasteiger partial charge in [0.15, 0.2) is 11.5 Å². The molecule has 0 aliphatic carbocycles. The van der Waals surface area contributed by atoms with E-state index in [2.05, 4.69) is 21.9 Å². The molecule has 0 aliphatic rings. The molecule has 0 unspecified atom stereocenters. The van der Waals surface area contributed by atoms with Gasteiger partial charge in [-0.3, -0.25) is 14.0 Å². The van der Waals surface area contributed by atoms with Gasteiger partial charge in [0, 0.05) is 19.0 Å². The van der Waals surface area contributed by atoms with Crippen LogP contribution in [-0.4, -0.2) is 44.9 Å². The van der Waals surface area contributed by atoms with Crippen molar-refractivity contribution in [1.82, 2.24) is 19.3 Å². The summed E-state index contributed by atoms with van der Waals surface area (Å²) in [5.41, 5.74) is -0.0145. The quantitative estimate of drug-likeness (QED) is 0.181. The van der Waals surface area contributed by atoms with Gasteiger partial charge in [0.1, 0.15) is 17.2 Å². The van der Waals surface area contributed by atoms with E-state index >= 15 is 0 Å². The maximum atomic E-state index is 13.6. The number of benzene rings is 2. The largest absolute Gasteiger partial charge is 0.503 e. The molecular formula is C22H18N4O6. The highest BCUT2D eigenvalue weighted by molar-refractivity contribution is 5.85. The molecule has 4 aromatic rings. The first kappa shape index (κ1) is 20.6. The van der Waals surface area contributed by atoms with Crippen LogP contribution in [0.25, 0.3) is 16.6 Å². The van der Waals surface area contributed by atoms with Gasteiger partial charge in [-0.1, -0.05) is 18.9 Å². The number of nitrogens with zero attached hydrogens (tertiary/aromatic N) is 4. The molecular weight excluding hydrogens is 416 g/mol. The Bertz CT molecular complexity index is 1480. The Morgan fingerprint density at radius 3 is 2.19 bits per heavy atom. The molecule has 2 aromatic heterocycles. The number of rotatable bonds is 2. The molecule has 4 rings (SSSR count). The molecule has 0 saturated heterocycles. The zero-order chi connectivity index (χ0) is 23.2. The van der Waals surface area contributed by atoms with Gasteiger partial charge >= 0.3 is 0 Å². The van der Waals surface area contributed by atoms with Crippen molar-refractivity contribution in [3.63, 3.8) is 0 Å². The average molecular weight is 434 g/mol. The first-order valence-electron chi connectivity index (χ1n) is 9.50. The van der Waals surface area contributed by atoms with Crippen LogP contribution in [0.2, 0.25) is 0 Å². The zero-order valence-corrected chi connectivity index (χ0v) is 17.0. The third-order valence-electron chi connectivity index (χ3n) is 5.00. The topological polar surface area (TPSA) is 154 Å². The molecule has 32 heavy (non-hydrogen) atoms. The van der Waals surface area contributed by atoms with Gasteiger partial charge in [-0.05, 0) is 24.1 Å². The monoisotopic (exact) mass is 434 g/mol. The molecule has 0 bridgehead atoms. The summed E-state index contributed by atoms with van der Waals surface area (Å²) in [4.78, 5) is 18.0. The summed E-state index contributed by atoms with van der Waals surface area (Å²) in [6, 6.07) is 6.65. The van der Waals surface area contributed by atoms with Crippen LogP contribution in [0, 0.1) is 11.8 Å². The van der Waals surface area contributed by atoms with Gasteiger partial charge in [-0.2, -0.15) is 5.10 Å². The number of aryl methyl sites for hydroxylation is 2. The number of aromatic nitrogens is 4. The van der Waals surface area contributed by atoms with Crippen molar-refractivity contribution in [3.05, 3.63) is 57.9 Å². The average Bonchev–Trinajstić information content (AvgIpc) is 3.20. The first-order valence-corrected chi connectivity index (χ1v) is 9.50. The number of phenolic OH excluding ortho intramolecular Hbond substituents is 5.